The first-order valence-electron chi connectivity index (χ1n) is 13.9. The molecule has 0 aromatic heterocycles. The SMILES string of the molecule is Cc1cc2c(cc1Nc1ccccc1)C1(OC(=O)c3ccccc31)c1c(NC3CCCC(C)C3)cccc1O2. The second kappa shape index (κ2) is 9.19. The van der Waals surface area contributed by atoms with Gasteiger partial charge >= 0.3 is 5.97 Å². The molecule has 2 heterocycles. The molecule has 2 aliphatic heterocycles. The average molecular weight is 517 g/mol. The Morgan fingerprint density at radius 2 is 1.67 bits per heavy atom. The number of ether oxygens (including phenoxy) is 2. The van der Waals surface area contributed by atoms with Crippen LogP contribution in [0.4, 0.5) is 17.1 Å². The topological polar surface area (TPSA) is 59.6 Å². The molecule has 1 spiro atoms. The molecule has 4 aromatic rings. The van der Waals surface area contributed by atoms with Gasteiger partial charge in [0.1, 0.15) is 11.5 Å². The van der Waals surface area contributed by atoms with Crippen molar-refractivity contribution in [3.8, 4) is 11.5 Å². The van der Waals surface area contributed by atoms with Gasteiger partial charge in [0.25, 0.3) is 0 Å². The maximum atomic E-state index is 13.4. The predicted octanol–water partition coefficient (Wildman–Crippen LogP) is 8.30. The third-order valence-corrected chi connectivity index (χ3v) is 8.42. The van der Waals surface area contributed by atoms with E-state index in [1.165, 1.54) is 12.8 Å². The first-order valence-corrected chi connectivity index (χ1v) is 13.9. The number of anilines is 3. The second-order valence-corrected chi connectivity index (χ2v) is 11.2. The summed E-state index contributed by atoms with van der Waals surface area (Å²) in [4.78, 5) is 13.4. The fraction of sp³-hybridized carbons (Fsp3) is 0.265. The molecule has 5 nitrogen and oxygen atoms in total. The molecule has 0 amide bonds. The van der Waals surface area contributed by atoms with Crippen molar-refractivity contribution < 1.29 is 14.3 Å². The summed E-state index contributed by atoms with van der Waals surface area (Å²) in [6.07, 6.45) is 4.73. The number of carbonyl (C=O) groups excluding carboxylic acids is 1. The van der Waals surface area contributed by atoms with Gasteiger partial charge in [0.2, 0.25) is 0 Å². The van der Waals surface area contributed by atoms with Crippen molar-refractivity contribution in [2.24, 2.45) is 5.92 Å². The summed E-state index contributed by atoms with van der Waals surface area (Å²) in [7, 11) is 0. The summed E-state index contributed by atoms with van der Waals surface area (Å²) in [6.45, 7) is 4.39. The Kier molecular flexibility index (Phi) is 5.62. The summed E-state index contributed by atoms with van der Waals surface area (Å²) in [5.74, 6) is 1.78. The summed E-state index contributed by atoms with van der Waals surface area (Å²) >= 11 is 0. The molecule has 4 aromatic carbocycles. The highest BCUT2D eigenvalue weighted by atomic mass is 16.6. The first-order chi connectivity index (χ1) is 19.0. The quantitative estimate of drug-likeness (QED) is 0.267. The van der Waals surface area contributed by atoms with E-state index in [4.69, 9.17) is 9.47 Å². The first kappa shape index (κ1) is 23.8. The van der Waals surface area contributed by atoms with E-state index in [1.54, 1.807) is 0 Å². The van der Waals surface area contributed by atoms with Crippen molar-refractivity contribution in [2.45, 2.75) is 51.2 Å². The lowest BCUT2D eigenvalue weighted by atomic mass is 9.76. The van der Waals surface area contributed by atoms with Gasteiger partial charge in [-0.15, -0.1) is 0 Å². The van der Waals surface area contributed by atoms with Crippen LogP contribution in [0.1, 0.15) is 65.2 Å². The number of para-hydroxylation sites is 1. The summed E-state index contributed by atoms with van der Waals surface area (Å²) in [5, 5.41) is 7.41. The molecule has 0 bridgehead atoms. The highest BCUT2D eigenvalue weighted by Crippen LogP contribution is 2.59. The maximum absolute atomic E-state index is 13.4. The number of fused-ring (bicyclic) bond motifs is 6. The Balaban J connectivity index is 1.43. The number of hydrogen-bond donors (Lipinski definition) is 2. The van der Waals surface area contributed by atoms with Crippen LogP contribution in [0.3, 0.4) is 0 Å². The summed E-state index contributed by atoms with van der Waals surface area (Å²) in [5.41, 5.74) is 5.94. The van der Waals surface area contributed by atoms with E-state index in [-0.39, 0.29) is 5.97 Å². The van der Waals surface area contributed by atoms with E-state index in [0.717, 1.165) is 52.2 Å². The highest BCUT2D eigenvalue weighted by Gasteiger charge is 2.55. The monoisotopic (exact) mass is 516 g/mol. The molecule has 2 N–H and O–H groups in total. The van der Waals surface area contributed by atoms with E-state index < -0.39 is 5.60 Å². The van der Waals surface area contributed by atoms with Gasteiger partial charge < -0.3 is 20.1 Å². The standard InChI is InChI=1S/C34H32N2O3/c1-21-10-8-13-24(18-21)36-28-16-9-17-30-32(28)34(26-15-7-6-14-25(26)33(37)39-34)27-20-29(22(2)19-31(27)38-30)35-23-11-4-3-5-12-23/h3-7,9,11-12,14-17,19-21,24,35-36H,8,10,13,18H2,1-2H3. The highest BCUT2D eigenvalue weighted by molar-refractivity contribution is 5.97. The van der Waals surface area contributed by atoms with Crippen molar-refractivity contribution in [3.63, 3.8) is 0 Å². The number of esters is 1. The molecule has 196 valence electrons. The van der Waals surface area contributed by atoms with Crippen LogP contribution in [0.15, 0.2) is 84.9 Å². The van der Waals surface area contributed by atoms with Gasteiger partial charge in [-0.3, -0.25) is 0 Å². The molecule has 7 rings (SSSR count). The minimum atomic E-state index is -1.12. The Morgan fingerprint density at radius 1 is 0.846 bits per heavy atom. The van der Waals surface area contributed by atoms with Crippen LogP contribution in [0.2, 0.25) is 0 Å². The van der Waals surface area contributed by atoms with Crippen molar-refractivity contribution in [3.05, 3.63) is 113 Å². The zero-order chi connectivity index (χ0) is 26.6. The zero-order valence-corrected chi connectivity index (χ0v) is 22.3. The lowest BCUT2D eigenvalue weighted by Crippen LogP contribution is -2.35. The fourth-order valence-electron chi connectivity index (χ4n) is 6.59. The Labute approximate surface area is 229 Å². The number of benzene rings is 4. The van der Waals surface area contributed by atoms with E-state index in [1.807, 2.05) is 72.8 Å². The second-order valence-electron chi connectivity index (χ2n) is 11.2. The molecule has 1 fully saturated rings. The normalized spacial score (nSPS) is 22.8. The summed E-state index contributed by atoms with van der Waals surface area (Å²) in [6, 6.07) is 28.4. The molecule has 5 heteroatoms. The molecule has 1 saturated carbocycles. The molecule has 0 saturated heterocycles. The van der Waals surface area contributed by atoms with Crippen LogP contribution in [-0.2, 0) is 10.3 Å². The van der Waals surface area contributed by atoms with Crippen molar-refractivity contribution in [1.82, 2.24) is 0 Å². The number of rotatable bonds is 4. The fourth-order valence-corrected chi connectivity index (χ4v) is 6.59. The smallest absolute Gasteiger partial charge is 0.340 e. The summed E-state index contributed by atoms with van der Waals surface area (Å²) < 4.78 is 13.1. The minimum absolute atomic E-state index is 0.316. The average Bonchev–Trinajstić information content (AvgIpc) is 3.23. The lowest BCUT2D eigenvalue weighted by molar-refractivity contribution is 0.0226. The molecular weight excluding hydrogens is 484 g/mol. The van der Waals surface area contributed by atoms with E-state index in [9.17, 15) is 4.79 Å². The molecule has 1 aliphatic carbocycles. The lowest BCUT2D eigenvalue weighted by Gasteiger charge is -2.39. The Morgan fingerprint density at radius 3 is 2.51 bits per heavy atom. The molecule has 3 aliphatic rings. The number of aryl methyl sites for hydroxylation is 1. The molecule has 39 heavy (non-hydrogen) atoms. The van der Waals surface area contributed by atoms with Crippen molar-refractivity contribution in [2.75, 3.05) is 10.6 Å². The number of carbonyl (C=O) groups is 1. The van der Waals surface area contributed by atoms with Crippen LogP contribution in [0.5, 0.6) is 11.5 Å². The molecule has 0 radical (unpaired) electrons. The van der Waals surface area contributed by atoms with E-state index >= 15 is 0 Å². The Hall–Kier alpha value is -4.25. The van der Waals surface area contributed by atoms with Crippen LogP contribution in [0.25, 0.3) is 0 Å². The third kappa shape index (κ3) is 3.87. The van der Waals surface area contributed by atoms with E-state index in [0.29, 0.717) is 29.0 Å². The molecule has 3 atom stereocenters. The van der Waals surface area contributed by atoms with Crippen molar-refractivity contribution in [1.29, 1.82) is 0 Å². The minimum Gasteiger partial charge on any atom is -0.456 e. The van der Waals surface area contributed by atoms with Crippen LogP contribution in [0, 0.1) is 12.8 Å². The van der Waals surface area contributed by atoms with Gasteiger partial charge in [-0.05, 0) is 73.7 Å². The van der Waals surface area contributed by atoms with Gasteiger partial charge in [0, 0.05) is 34.2 Å². The van der Waals surface area contributed by atoms with E-state index in [2.05, 4.69) is 36.6 Å². The van der Waals surface area contributed by atoms with Crippen LogP contribution in [-0.4, -0.2) is 12.0 Å². The van der Waals surface area contributed by atoms with Gasteiger partial charge in [0.05, 0.1) is 11.1 Å². The Bertz CT molecular complexity index is 1580. The molecular formula is C34H32N2O3. The van der Waals surface area contributed by atoms with Gasteiger partial charge in [-0.1, -0.05) is 62.2 Å². The van der Waals surface area contributed by atoms with Crippen molar-refractivity contribution >= 4 is 23.0 Å². The van der Waals surface area contributed by atoms with Crippen LogP contribution >= 0.6 is 0 Å². The zero-order valence-electron chi connectivity index (χ0n) is 22.3. The number of nitrogens with one attached hydrogen (secondary N) is 2. The third-order valence-electron chi connectivity index (χ3n) is 8.42. The maximum Gasteiger partial charge on any atom is 0.340 e. The van der Waals surface area contributed by atoms with Gasteiger partial charge in [-0.2, -0.15) is 0 Å². The number of hydrogen-bond acceptors (Lipinski definition) is 5. The molecule has 3 unspecified atom stereocenters. The van der Waals surface area contributed by atoms with Gasteiger partial charge in [-0.25, -0.2) is 4.79 Å². The van der Waals surface area contributed by atoms with Crippen LogP contribution < -0.4 is 15.4 Å². The van der Waals surface area contributed by atoms with Gasteiger partial charge in [0.15, 0.2) is 5.60 Å². The largest absolute Gasteiger partial charge is 0.456 e. The predicted molar refractivity (Wildman–Crippen MR) is 154 cm³/mol.